The summed E-state index contributed by atoms with van der Waals surface area (Å²) in [6.07, 6.45) is 2.75. The van der Waals surface area contributed by atoms with Crippen molar-refractivity contribution in [3.63, 3.8) is 0 Å². The zero-order valence-corrected chi connectivity index (χ0v) is 9.01. The van der Waals surface area contributed by atoms with Crippen LogP contribution in [0.15, 0.2) is 0 Å². The first kappa shape index (κ1) is 11.5. The highest BCUT2D eigenvalue weighted by molar-refractivity contribution is 5.81. The number of ether oxygens (including phenoxy) is 1. The van der Waals surface area contributed by atoms with Crippen LogP contribution in [-0.2, 0) is 9.53 Å². The first-order chi connectivity index (χ1) is 6.57. The van der Waals surface area contributed by atoms with Crippen LogP contribution in [0.3, 0.4) is 0 Å². The maximum Gasteiger partial charge on any atom is 0.237 e. The smallest absolute Gasteiger partial charge is 0.237 e. The van der Waals surface area contributed by atoms with Gasteiger partial charge in [-0.1, -0.05) is 6.92 Å². The van der Waals surface area contributed by atoms with Gasteiger partial charge in [0.25, 0.3) is 0 Å². The Hall–Kier alpha value is -0.610. The Morgan fingerprint density at radius 3 is 2.93 bits per heavy atom. The molecule has 0 aromatic carbocycles. The number of nitrogens with one attached hydrogen (secondary N) is 1. The molecule has 0 aromatic rings. The molecule has 0 saturated carbocycles. The van der Waals surface area contributed by atoms with Gasteiger partial charge in [-0.2, -0.15) is 0 Å². The van der Waals surface area contributed by atoms with E-state index in [9.17, 15) is 4.79 Å². The molecule has 1 amide bonds. The molecule has 0 bridgehead atoms. The van der Waals surface area contributed by atoms with Crippen molar-refractivity contribution in [3.8, 4) is 0 Å². The molecular weight excluding hydrogens is 180 g/mol. The summed E-state index contributed by atoms with van der Waals surface area (Å²) in [5.74, 6) is -0.0794. The van der Waals surface area contributed by atoms with Crippen molar-refractivity contribution in [2.24, 2.45) is 5.73 Å². The van der Waals surface area contributed by atoms with Gasteiger partial charge < -0.3 is 15.8 Å². The number of carbonyl (C=O) groups excluding carboxylic acids is 1. The summed E-state index contributed by atoms with van der Waals surface area (Å²) >= 11 is 0. The SMILES string of the molecule is CC[C@H](N)C(=O)NCC1(C)CCCO1. The molecule has 1 saturated heterocycles. The molecule has 82 valence electrons. The highest BCUT2D eigenvalue weighted by atomic mass is 16.5. The van der Waals surface area contributed by atoms with Crippen LogP contribution in [0.25, 0.3) is 0 Å². The first-order valence-corrected chi connectivity index (χ1v) is 5.24. The lowest BCUT2D eigenvalue weighted by Crippen LogP contribution is -2.46. The number of nitrogens with two attached hydrogens (primary N) is 1. The lowest BCUT2D eigenvalue weighted by molar-refractivity contribution is -0.123. The standard InChI is InChI=1S/C10H20N2O2/c1-3-8(11)9(13)12-7-10(2)5-4-6-14-10/h8H,3-7,11H2,1-2H3,(H,12,13)/t8-,10?/m0/s1. The van der Waals surface area contributed by atoms with Crippen LogP contribution in [0.2, 0.25) is 0 Å². The van der Waals surface area contributed by atoms with Gasteiger partial charge in [0.05, 0.1) is 11.6 Å². The highest BCUT2D eigenvalue weighted by Gasteiger charge is 2.30. The molecule has 1 aliphatic heterocycles. The Labute approximate surface area is 85.2 Å². The van der Waals surface area contributed by atoms with Gasteiger partial charge in [0.2, 0.25) is 5.91 Å². The number of rotatable bonds is 4. The number of carbonyl (C=O) groups is 1. The molecule has 1 aliphatic rings. The third kappa shape index (κ3) is 2.96. The van der Waals surface area contributed by atoms with Crippen molar-refractivity contribution in [2.75, 3.05) is 13.2 Å². The van der Waals surface area contributed by atoms with Crippen molar-refractivity contribution in [2.45, 2.75) is 44.8 Å². The van der Waals surface area contributed by atoms with Crippen LogP contribution in [0.4, 0.5) is 0 Å². The van der Waals surface area contributed by atoms with E-state index in [-0.39, 0.29) is 17.6 Å². The monoisotopic (exact) mass is 200 g/mol. The molecular formula is C10H20N2O2. The third-order valence-electron chi connectivity index (χ3n) is 2.71. The predicted octanol–water partition coefficient (Wildman–Crippen LogP) is 0.409. The minimum atomic E-state index is -0.389. The molecule has 4 heteroatoms. The molecule has 1 rings (SSSR count). The average Bonchev–Trinajstić information content (AvgIpc) is 2.61. The molecule has 1 heterocycles. The number of hydrogen-bond donors (Lipinski definition) is 2. The molecule has 1 fully saturated rings. The van der Waals surface area contributed by atoms with Crippen LogP contribution >= 0.6 is 0 Å². The molecule has 14 heavy (non-hydrogen) atoms. The van der Waals surface area contributed by atoms with Gasteiger partial charge in [0, 0.05) is 13.2 Å². The summed E-state index contributed by atoms with van der Waals surface area (Å²) in [5.41, 5.74) is 5.41. The number of amides is 1. The van der Waals surface area contributed by atoms with Crippen LogP contribution in [0.1, 0.15) is 33.1 Å². The quantitative estimate of drug-likeness (QED) is 0.691. The van der Waals surface area contributed by atoms with Gasteiger partial charge in [-0.3, -0.25) is 4.79 Å². The Kier molecular flexibility index (Phi) is 3.89. The van der Waals surface area contributed by atoms with E-state index in [1.807, 2.05) is 13.8 Å². The van der Waals surface area contributed by atoms with Crippen molar-refractivity contribution >= 4 is 5.91 Å². The van der Waals surface area contributed by atoms with E-state index in [1.165, 1.54) is 0 Å². The molecule has 0 radical (unpaired) electrons. The average molecular weight is 200 g/mol. The van der Waals surface area contributed by atoms with Gasteiger partial charge in [0.1, 0.15) is 0 Å². The summed E-state index contributed by atoms with van der Waals surface area (Å²) in [7, 11) is 0. The van der Waals surface area contributed by atoms with Crippen molar-refractivity contribution in [1.29, 1.82) is 0 Å². The first-order valence-electron chi connectivity index (χ1n) is 5.24. The fraction of sp³-hybridized carbons (Fsp3) is 0.900. The van der Waals surface area contributed by atoms with E-state index >= 15 is 0 Å². The van der Waals surface area contributed by atoms with E-state index < -0.39 is 0 Å². The van der Waals surface area contributed by atoms with Crippen molar-refractivity contribution in [3.05, 3.63) is 0 Å². The number of hydrogen-bond acceptors (Lipinski definition) is 3. The zero-order chi connectivity index (χ0) is 10.6. The molecule has 0 aromatic heterocycles. The van der Waals surface area contributed by atoms with Gasteiger partial charge in [-0.05, 0) is 26.2 Å². The van der Waals surface area contributed by atoms with E-state index in [4.69, 9.17) is 10.5 Å². The normalized spacial score (nSPS) is 28.8. The van der Waals surface area contributed by atoms with E-state index in [0.717, 1.165) is 19.4 Å². The van der Waals surface area contributed by atoms with Gasteiger partial charge in [-0.15, -0.1) is 0 Å². The molecule has 4 nitrogen and oxygen atoms in total. The van der Waals surface area contributed by atoms with Gasteiger partial charge in [-0.25, -0.2) is 0 Å². The maximum atomic E-state index is 11.4. The summed E-state index contributed by atoms with van der Waals surface area (Å²) in [6, 6.07) is -0.389. The molecule has 0 aliphatic carbocycles. The zero-order valence-electron chi connectivity index (χ0n) is 9.01. The lowest BCUT2D eigenvalue weighted by atomic mass is 10.0. The van der Waals surface area contributed by atoms with Crippen LogP contribution in [0, 0.1) is 0 Å². The maximum absolute atomic E-state index is 11.4. The summed E-state index contributed by atoms with van der Waals surface area (Å²) in [6.45, 7) is 5.29. The van der Waals surface area contributed by atoms with Crippen molar-refractivity contribution < 1.29 is 9.53 Å². The molecule has 3 N–H and O–H groups in total. The second-order valence-electron chi connectivity index (χ2n) is 4.13. The van der Waals surface area contributed by atoms with E-state index in [2.05, 4.69) is 5.32 Å². The van der Waals surface area contributed by atoms with Crippen LogP contribution in [-0.4, -0.2) is 30.7 Å². The molecule has 1 unspecified atom stereocenters. The third-order valence-corrected chi connectivity index (χ3v) is 2.71. The highest BCUT2D eigenvalue weighted by Crippen LogP contribution is 2.23. The largest absolute Gasteiger partial charge is 0.373 e. The Morgan fingerprint density at radius 1 is 1.71 bits per heavy atom. The molecule has 0 spiro atoms. The Morgan fingerprint density at radius 2 is 2.43 bits per heavy atom. The summed E-state index contributed by atoms with van der Waals surface area (Å²) < 4.78 is 5.55. The van der Waals surface area contributed by atoms with Gasteiger partial charge in [0.15, 0.2) is 0 Å². The van der Waals surface area contributed by atoms with E-state index in [0.29, 0.717) is 13.0 Å². The predicted molar refractivity (Wildman–Crippen MR) is 54.9 cm³/mol. The second kappa shape index (κ2) is 4.75. The lowest BCUT2D eigenvalue weighted by Gasteiger charge is -2.24. The van der Waals surface area contributed by atoms with Crippen LogP contribution in [0.5, 0.6) is 0 Å². The second-order valence-corrected chi connectivity index (χ2v) is 4.13. The summed E-state index contributed by atoms with van der Waals surface area (Å²) in [5, 5.41) is 2.83. The topological polar surface area (TPSA) is 64.4 Å². The fourth-order valence-corrected chi connectivity index (χ4v) is 1.57. The minimum Gasteiger partial charge on any atom is -0.373 e. The Bertz CT molecular complexity index is 200. The van der Waals surface area contributed by atoms with E-state index in [1.54, 1.807) is 0 Å². The Balaban J connectivity index is 2.29. The van der Waals surface area contributed by atoms with Crippen molar-refractivity contribution in [1.82, 2.24) is 5.32 Å². The minimum absolute atomic E-state index is 0.0794. The molecule has 2 atom stereocenters. The van der Waals surface area contributed by atoms with Gasteiger partial charge >= 0.3 is 0 Å². The summed E-state index contributed by atoms with van der Waals surface area (Å²) in [4.78, 5) is 11.4. The fourth-order valence-electron chi connectivity index (χ4n) is 1.57. The van der Waals surface area contributed by atoms with Crippen LogP contribution < -0.4 is 11.1 Å².